The molecule has 0 spiro atoms. The van der Waals surface area contributed by atoms with Crippen LogP contribution in [0.4, 0.5) is 5.69 Å². The van der Waals surface area contributed by atoms with Gasteiger partial charge in [-0.15, -0.1) is 12.4 Å². The lowest BCUT2D eigenvalue weighted by Crippen LogP contribution is -2.43. The van der Waals surface area contributed by atoms with Gasteiger partial charge in [0.2, 0.25) is 11.8 Å². The molecule has 1 fully saturated rings. The fourth-order valence-corrected chi connectivity index (χ4v) is 3.83. The van der Waals surface area contributed by atoms with Crippen molar-refractivity contribution in [3.63, 3.8) is 0 Å². The van der Waals surface area contributed by atoms with Gasteiger partial charge in [-0.2, -0.15) is 0 Å². The molecule has 0 aliphatic heterocycles. The van der Waals surface area contributed by atoms with E-state index >= 15 is 0 Å². The van der Waals surface area contributed by atoms with Crippen molar-refractivity contribution in [2.45, 2.75) is 46.1 Å². The van der Waals surface area contributed by atoms with E-state index in [0.29, 0.717) is 6.61 Å². The molecule has 162 valence electrons. The van der Waals surface area contributed by atoms with Gasteiger partial charge in [-0.25, -0.2) is 5.48 Å². The average Bonchev–Trinajstić information content (AvgIpc) is 2.75. The molecule has 1 aliphatic rings. The monoisotopic (exact) mass is 431 g/mol. The van der Waals surface area contributed by atoms with Gasteiger partial charge in [0.05, 0.1) is 6.61 Å². The summed E-state index contributed by atoms with van der Waals surface area (Å²) < 4.78 is 0. The molecule has 0 atom stereocenters. The Morgan fingerprint density at radius 2 is 1.67 bits per heavy atom. The molecule has 6 nitrogen and oxygen atoms in total. The smallest absolute Gasteiger partial charge is 0.249 e. The summed E-state index contributed by atoms with van der Waals surface area (Å²) in [7, 11) is 0. The van der Waals surface area contributed by atoms with Crippen LogP contribution in [-0.4, -0.2) is 16.8 Å². The number of pyridine rings is 1. The Bertz CT molecular complexity index is 807. The number of nitrogens with zero attached hydrogens (tertiary/aromatic N) is 1. The Hall–Kier alpha value is -2.44. The number of hydrogen-bond acceptors (Lipinski definition) is 4. The van der Waals surface area contributed by atoms with Crippen LogP contribution >= 0.6 is 12.4 Å². The number of halogens is 1. The highest BCUT2D eigenvalue weighted by Crippen LogP contribution is 2.40. The molecule has 3 rings (SSSR count). The number of hydrogen-bond donors (Lipinski definition) is 2. The first kappa shape index (κ1) is 23.8. The minimum absolute atomic E-state index is 0. The summed E-state index contributed by atoms with van der Waals surface area (Å²) in [5, 5.41) is 2.95. The van der Waals surface area contributed by atoms with E-state index in [1.54, 1.807) is 24.5 Å². The molecule has 1 aromatic heterocycles. The third-order valence-corrected chi connectivity index (χ3v) is 5.90. The van der Waals surface area contributed by atoms with Crippen molar-refractivity contribution in [3.05, 3.63) is 60.4 Å². The Morgan fingerprint density at radius 3 is 2.30 bits per heavy atom. The number of hydroxylamine groups is 1. The molecule has 0 bridgehead atoms. The molecule has 2 amide bonds. The highest BCUT2D eigenvalue weighted by molar-refractivity contribution is 5.92. The van der Waals surface area contributed by atoms with Gasteiger partial charge in [0.15, 0.2) is 0 Å². The predicted octanol–water partition coefficient (Wildman–Crippen LogP) is 4.52. The van der Waals surface area contributed by atoms with E-state index in [2.05, 4.69) is 15.8 Å². The van der Waals surface area contributed by atoms with Crippen molar-refractivity contribution in [1.29, 1.82) is 0 Å². The van der Waals surface area contributed by atoms with Gasteiger partial charge in [0.25, 0.3) is 0 Å². The summed E-state index contributed by atoms with van der Waals surface area (Å²) in [5.74, 6) is 0.127. The Balaban J connectivity index is 0.00000320. The molecule has 1 saturated carbocycles. The van der Waals surface area contributed by atoms with Crippen molar-refractivity contribution in [3.8, 4) is 0 Å². The molecule has 0 unspecified atom stereocenters. The Morgan fingerprint density at radius 1 is 1.03 bits per heavy atom. The van der Waals surface area contributed by atoms with Gasteiger partial charge < -0.3 is 5.32 Å². The highest BCUT2D eigenvalue weighted by atomic mass is 35.5. The molecule has 1 heterocycles. The SMILES string of the molecule is CC(C)(C(=O)NOCc1ccccc1)C1CCC(C(=O)Nc2ccncc2)CC1.Cl. The van der Waals surface area contributed by atoms with Gasteiger partial charge in [0.1, 0.15) is 0 Å². The minimum Gasteiger partial charge on any atom is -0.326 e. The van der Waals surface area contributed by atoms with E-state index in [4.69, 9.17) is 4.84 Å². The van der Waals surface area contributed by atoms with E-state index in [-0.39, 0.29) is 36.1 Å². The lowest BCUT2D eigenvalue weighted by Gasteiger charge is -2.37. The van der Waals surface area contributed by atoms with Crippen molar-refractivity contribution in [1.82, 2.24) is 10.5 Å². The average molecular weight is 432 g/mol. The molecular formula is C23H30ClN3O3. The maximum Gasteiger partial charge on any atom is 0.249 e. The number of amides is 2. The third kappa shape index (κ3) is 6.28. The number of aromatic nitrogens is 1. The first-order chi connectivity index (χ1) is 14.0. The zero-order chi connectivity index (χ0) is 20.7. The summed E-state index contributed by atoms with van der Waals surface area (Å²) in [5.41, 5.74) is 3.83. The summed E-state index contributed by atoms with van der Waals surface area (Å²) in [6.07, 6.45) is 6.56. The van der Waals surface area contributed by atoms with Crippen molar-refractivity contribution >= 4 is 29.9 Å². The van der Waals surface area contributed by atoms with Crippen molar-refractivity contribution in [2.75, 3.05) is 5.32 Å². The number of nitrogens with one attached hydrogen (secondary N) is 2. The lowest BCUT2D eigenvalue weighted by molar-refractivity contribution is -0.147. The molecule has 1 aliphatic carbocycles. The first-order valence-electron chi connectivity index (χ1n) is 10.1. The van der Waals surface area contributed by atoms with Gasteiger partial charge in [-0.3, -0.25) is 19.4 Å². The van der Waals surface area contributed by atoms with E-state index in [0.717, 1.165) is 36.9 Å². The van der Waals surface area contributed by atoms with Crippen molar-refractivity contribution < 1.29 is 14.4 Å². The normalized spacial score (nSPS) is 18.7. The summed E-state index contributed by atoms with van der Waals surface area (Å²) in [4.78, 5) is 34.6. The highest BCUT2D eigenvalue weighted by Gasteiger charge is 2.40. The number of carbonyl (C=O) groups is 2. The summed E-state index contributed by atoms with van der Waals surface area (Å²) >= 11 is 0. The summed E-state index contributed by atoms with van der Waals surface area (Å²) in [6, 6.07) is 13.3. The van der Waals surface area contributed by atoms with Crippen LogP contribution in [0.5, 0.6) is 0 Å². The molecule has 1 aromatic carbocycles. The molecule has 2 N–H and O–H groups in total. The van der Waals surface area contributed by atoms with Crippen LogP contribution in [0.2, 0.25) is 0 Å². The van der Waals surface area contributed by atoms with Crippen LogP contribution in [0.3, 0.4) is 0 Å². The first-order valence-corrected chi connectivity index (χ1v) is 10.1. The lowest BCUT2D eigenvalue weighted by atomic mass is 9.68. The number of carbonyl (C=O) groups excluding carboxylic acids is 2. The number of anilines is 1. The largest absolute Gasteiger partial charge is 0.326 e. The van der Waals surface area contributed by atoms with Crippen molar-refractivity contribution in [2.24, 2.45) is 17.3 Å². The van der Waals surface area contributed by atoms with Gasteiger partial charge in [-0.05, 0) is 49.3 Å². The standard InChI is InChI=1S/C23H29N3O3.ClH/c1-23(2,22(28)26-29-16-17-6-4-3-5-7-17)19-10-8-18(9-11-19)21(27)25-20-12-14-24-15-13-20;/h3-7,12-15,18-19H,8-11,16H2,1-2H3,(H,26,28)(H,24,25,27);1H. The topological polar surface area (TPSA) is 80.3 Å². The van der Waals surface area contributed by atoms with E-state index in [1.165, 1.54) is 0 Å². The molecule has 0 saturated heterocycles. The van der Waals surface area contributed by atoms with Crippen LogP contribution in [-0.2, 0) is 21.0 Å². The van der Waals surface area contributed by atoms with Crippen LogP contribution in [0.1, 0.15) is 45.1 Å². The van der Waals surface area contributed by atoms with Gasteiger partial charge >= 0.3 is 0 Å². The van der Waals surface area contributed by atoms with E-state index in [1.807, 2.05) is 44.2 Å². The molecule has 2 aromatic rings. The molecule has 0 radical (unpaired) electrons. The maximum absolute atomic E-state index is 12.7. The number of benzene rings is 1. The van der Waals surface area contributed by atoms with Crippen LogP contribution in [0.15, 0.2) is 54.9 Å². The van der Waals surface area contributed by atoms with Gasteiger partial charge in [-0.1, -0.05) is 44.2 Å². The summed E-state index contributed by atoms with van der Waals surface area (Å²) in [6.45, 7) is 4.25. The second kappa shape index (κ2) is 11.1. The Labute approximate surface area is 184 Å². The molecule has 30 heavy (non-hydrogen) atoms. The number of rotatable bonds is 7. The second-order valence-corrected chi connectivity index (χ2v) is 8.20. The fraction of sp³-hybridized carbons (Fsp3) is 0.435. The minimum atomic E-state index is -0.552. The van der Waals surface area contributed by atoms with E-state index in [9.17, 15) is 9.59 Å². The zero-order valence-electron chi connectivity index (χ0n) is 17.5. The maximum atomic E-state index is 12.7. The molecular weight excluding hydrogens is 402 g/mol. The second-order valence-electron chi connectivity index (χ2n) is 8.20. The fourth-order valence-electron chi connectivity index (χ4n) is 3.83. The predicted molar refractivity (Wildman–Crippen MR) is 119 cm³/mol. The van der Waals surface area contributed by atoms with Gasteiger partial charge in [0, 0.05) is 29.4 Å². The molecule has 7 heteroatoms. The van der Waals surface area contributed by atoms with Crippen LogP contribution in [0, 0.1) is 17.3 Å². The quantitative estimate of drug-likeness (QED) is 0.631. The van der Waals surface area contributed by atoms with Crippen LogP contribution < -0.4 is 10.8 Å². The van der Waals surface area contributed by atoms with Crippen LogP contribution in [0.25, 0.3) is 0 Å². The Kier molecular flexibility index (Phi) is 8.81. The van der Waals surface area contributed by atoms with E-state index < -0.39 is 5.41 Å². The third-order valence-electron chi connectivity index (χ3n) is 5.90. The zero-order valence-corrected chi connectivity index (χ0v) is 18.3.